The van der Waals surface area contributed by atoms with Crippen molar-refractivity contribution in [2.45, 2.75) is 53.0 Å². The molecule has 1 fully saturated rings. The summed E-state index contributed by atoms with van der Waals surface area (Å²) >= 11 is 0. The summed E-state index contributed by atoms with van der Waals surface area (Å²) in [6.07, 6.45) is -13.3. The summed E-state index contributed by atoms with van der Waals surface area (Å²) in [5, 5.41) is 11.3. The highest BCUT2D eigenvalue weighted by Gasteiger charge is 2.73. The zero-order chi connectivity index (χ0) is 27.2. The van der Waals surface area contributed by atoms with Crippen molar-refractivity contribution in [1.82, 2.24) is 5.32 Å². The van der Waals surface area contributed by atoms with E-state index in [0.29, 0.717) is 12.1 Å². The first-order valence-electron chi connectivity index (χ1n) is 10.3. The van der Waals surface area contributed by atoms with Gasteiger partial charge in [-0.15, -0.1) is 0 Å². The van der Waals surface area contributed by atoms with Gasteiger partial charge in [-0.05, 0) is 49.1 Å². The van der Waals surface area contributed by atoms with Crippen LogP contribution in [0.15, 0.2) is 53.4 Å². The minimum absolute atomic E-state index is 0.0199. The lowest BCUT2D eigenvalue weighted by Gasteiger charge is -2.32. The molecular weight excluding hydrogens is 526 g/mol. The summed E-state index contributed by atoms with van der Waals surface area (Å²) in [6, 6.07) is 4.54. The molecular formula is C22H19F8NO4S. The molecule has 2 aromatic rings. The van der Waals surface area contributed by atoms with Gasteiger partial charge in [-0.3, -0.25) is 4.79 Å². The summed E-state index contributed by atoms with van der Waals surface area (Å²) in [6.45, 7) is -0.906. The highest BCUT2D eigenvalue weighted by Crippen LogP contribution is 2.54. The van der Waals surface area contributed by atoms with Gasteiger partial charge in [0.15, 0.2) is 9.84 Å². The zero-order valence-corrected chi connectivity index (χ0v) is 18.9. The Hall–Kier alpha value is -2.74. The molecule has 2 unspecified atom stereocenters. The van der Waals surface area contributed by atoms with Gasteiger partial charge < -0.3 is 10.4 Å². The Morgan fingerprint density at radius 3 is 1.94 bits per heavy atom. The Morgan fingerprint density at radius 1 is 0.944 bits per heavy atom. The van der Waals surface area contributed by atoms with E-state index in [0.717, 1.165) is 24.3 Å². The topological polar surface area (TPSA) is 83.5 Å². The van der Waals surface area contributed by atoms with E-state index in [1.807, 2.05) is 0 Å². The fraction of sp³-hybridized carbons (Fsp3) is 0.409. The summed E-state index contributed by atoms with van der Waals surface area (Å²) < 4.78 is 132. The summed E-state index contributed by atoms with van der Waals surface area (Å²) in [4.78, 5) is 11.2. The Kier molecular flexibility index (Phi) is 7.18. The van der Waals surface area contributed by atoms with Crippen molar-refractivity contribution in [1.29, 1.82) is 0 Å². The predicted octanol–water partition coefficient (Wildman–Crippen LogP) is 4.45. The number of rotatable bonds is 6. The average Bonchev–Trinajstić information content (AvgIpc) is 3.23. The van der Waals surface area contributed by atoms with Crippen molar-refractivity contribution >= 4 is 15.7 Å². The second-order valence-electron chi connectivity index (χ2n) is 8.35. The maximum absolute atomic E-state index is 14.4. The molecule has 0 aromatic heterocycles. The SMILES string of the molecule is O=C(CO)NC1CCC(c2ccc(C(F)(C(F)(F)F)C(F)(F)F)cc2)(S(=O)(=O)c2ccc(F)cc2)C1. The van der Waals surface area contributed by atoms with E-state index in [-0.39, 0.29) is 41.9 Å². The molecule has 36 heavy (non-hydrogen) atoms. The number of amides is 1. The predicted molar refractivity (Wildman–Crippen MR) is 109 cm³/mol. The molecule has 0 bridgehead atoms. The van der Waals surface area contributed by atoms with Crippen LogP contribution >= 0.6 is 0 Å². The Labute approximate surface area is 200 Å². The van der Waals surface area contributed by atoms with Crippen molar-refractivity contribution < 1.29 is 53.4 Å². The molecule has 0 heterocycles. The summed E-state index contributed by atoms with van der Waals surface area (Å²) in [5.74, 6) is -1.59. The molecule has 1 amide bonds. The lowest BCUT2D eigenvalue weighted by Crippen LogP contribution is -2.50. The van der Waals surface area contributed by atoms with Gasteiger partial charge in [-0.1, -0.05) is 24.3 Å². The second kappa shape index (κ2) is 9.29. The molecule has 0 radical (unpaired) electrons. The van der Waals surface area contributed by atoms with E-state index < -0.39 is 62.5 Å². The number of alkyl halides is 7. The van der Waals surface area contributed by atoms with Gasteiger partial charge in [-0.2, -0.15) is 26.3 Å². The smallest absolute Gasteiger partial charge is 0.387 e. The van der Waals surface area contributed by atoms with Gasteiger partial charge in [0.05, 0.1) is 4.90 Å². The van der Waals surface area contributed by atoms with Gasteiger partial charge in [0.1, 0.15) is 17.2 Å². The molecule has 2 aromatic carbocycles. The van der Waals surface area contributed by atoms with Crippen LogP contribution in [-0.4, -0.2) is 44.4 Å². The number of aliphatic hydroxyl groups is 1. The van der Waals surface area contributed by atoms with Crippen molar-refractivity contribution in [2.24, 2.45) is 0 Å². The first-order valence-corrected chi connectivity index (χ1v) is 11.8. The van der Waals surface area contributed by atoms with Crippen molar-refractivity contribution in [3.63, 3.8) is 0 Å². The van der Waals surface area contributed by atoms with Crippen LogP contribution < -0.4 is 5.32 Å². The number of halogens is 8. The van der Waals surface area contributed by atoms with E-state index in [1.54, 1.807) is 0 Å². The number of benzene rings is 2. The Bertz CT molecular complexity index is 1200. The highest BCUT2D eigenvalue weighted by molar-refractivity contribution is 7.92. The fourth-order valence-corrected chi connectivity index (χ4v) is 6.60. The maximum Gasteiger partial charge on any atom is 0.435 e. The van der Waals surface area contributed by atoms with E-state index in [4.69, 9.17) is 5.11 Å². The minimum atomic E-state index is -6.35. The summed E-state index contributed by atoms with van der Waals surface area (Å²) in [7, 11) is -4.47. The third kappa shape index (κ3) is 4.56. The van der Waals surface area contributed by atoms with Crippen LogP contribution in [0.25, 0.3) is 0 Å². The standard InChI is InChI=1S/C22H19F8NO4S/c23-15-5-7-17(8-6-15)36(34,35)19(10-9-16(11-19)31-18(33)12-32)13-1-3-14(4-2-13)20(24,21(25,26)27)22(28,29)30/h1-8,16,32H,9-12H2,(H,31,33). The normalized spacial score (nSPS) is 21.4. The number of sulfone groups is 1. The molecule has 198 valence electrons. The van der Waals surface area contributed by atoms with Crippen LogP contribution in [0, 0.1) is 5.82 Å². The largest absolute Gasteiger partial charge is 0.435 e. The third-order valence-electron chi connectivity index (χ3n) is 6.21. The van der Waals surface area contributed by atoms with Gasteiger partial charge in [0.25, 0.3) is 0 Å². The average molecular weight is 545 g/mol. The van der Waals surface area contributed by atoms with Crippen LogP contribution in [-0.2, 0) is 25.0 Å². The highest BCUT2D eigenvalue weighted by atomic mass is 32.2. The van der Waals surface area contributed by atoms with E-state index in [9.17, 15) is 48.3 Å². The Morgan fingerprint density at radius 2 is 1.47 bits per heavy atom. The lowest BCUT2D eigenvalue weighted by molar-refractivity contribution is -0.348. The first-order chi connectivity index (χ1) is 16.5. The van der Waals surface area contributed by atoms with E-state index >= 15 is 0 Å². The van der Waals surface area contributed by atoms with Gasteiger partial charge in [0.2, 0.25) is 5.91 Å². The molecule has 0 aliphatic heterocycles. The molecule has 1 aliphatic carbocycles. The van der Waals surface area contributed by atoms with Crippen LogP contribution in [0.2, 0.25) is 0 Å². The fourth-order valence-electron chi connectivity index (χ4n) is 4.40. The number of hydrogen-bond donors (Lipinski definition) is 2. The molecule has 0 saturated heterocycles. The monoisotopic (exact) mass is 545 g/mol. The van der Waals surface area contributed by atoms with Gasteiger partial charge >= 0.3 is 18.0 Å². The Balaban J connectivity index is 2.14. The van der Waals surface area contributed by atoms with Gasteiger partial charge in [0, 0.05) is 11.6 Å². The van der Waals surface area contributed by atoms with Crippen LogP contribution in [0.4, 0.5) is 35.1 Å². The number of nitrogens with one attached hydrogen (secondary N) is 1. The summed E-state index contributed by atoms with van der Waals surface area (Å²) in [5.41, 5.74) is -7.73. The van der Waals surface area contributed by atoms with Crippen molar-refractivity contribution in [2.75, 3.05) is 6.61 Å². The van der Waals surface area contributed by atoms with E-state index in [1.165, 1.54) is 0 Å². The molecule has 0 spiro atoms. The molecule has 1 aliphatic rings. The number of carbonyl (C=O) groups excluding carboxylic acids is 1. The van der Waals surface area contributed by atoms with Crippen LogP contribution in [0.1, 0.15) is 30.4 Å². The maximum atomic E-state index is 14.4. The molecule has 2 atom stereocenters. The van der Waals surface area contributed by atoms with Gasteiger partial charge in [-0.25, -0.2) is 17.2 Å². The van der Waals surface area contributed by atoms with Crippen LogP contribution in [0.3, 0.4) is 0 Å². The molecule has 2 N–H and O–H groups in total. The lowest BCUT2D eigenvalue weighted by atomic mass is 9.89. The number of hydrogen-bond acceptors (Lipinski definition) is 4. The van der Waals surface area contributed by atoms with E-state index in [2.05, 4.69) is 5.32 Å². The molecule has 1 saturated carbocycles. The quantitative estimate of drug-likeness (QED) is 0.415. The van der Waals surface area contributed by atoms with Crippen LogP contribution in [0.5, 0.6) is 0 Å². The number of carbonyl (C=O) groups is 1. The van der Waals surface area contributed by atoms with Crippen molar-refractivity contribution in [3.8, 4) is 0 Å². The molecule has 3 rings (SSSR count). The second-order valence-corrected chi connectivity index (χ2v) is 10.6. The van der Waals surface area contributed by atoms with Crippen molar-refractivity contribution in [3.05, 3.63) is 65.5 Å². The zero-order valence-electron chi connectivity index (χ0n) is 18.1. The third-order valence-corrected chi connectivity index (χ3v) is 8.74. The minimum Gasteiger partial charge on any atom is -0.387 e. The molecule has 5 nitrogen and oxygen atoms in total. The molecule has 14 heteroatoms. The first kappa shape index (κ1) is 27.8. The number of aliphatic hydroxyl groups excluding tert-OH is 1.